The Kier molecular flexibility index (Phi) is 3.92. The number of carbonyl (C=O) groups is 1. The third kappa shape index (κ3) is 2.96. The summed E-state index contributed by atoms with van der Waals surface area (Å²) in [6.45, 7) is 2.34. The van der Waals surface area contributed by atoms with Crippen molar-refractivity contribution in [2.24, 2.45) is 5.92 Å². The van der Waals surface area contributed by atoms with Crippen LogP contribution in [0.1, 0.15) is 23.2 Å². The number of benzene rings is 1. The highest BCUT2D eigenvalue weighted by Gasteiger charge is 2.15. The van der Waals surface area contributed by atoms with Crippen LogP contribution in [0.4, 0.5) is 0 Å². The summed E-state index contributed by atoms with van der Waals surface area (Å²) in [5.74, 6) is 0.525. The molecule has 4 nitrogen and oxygen atoms in total. The smallest absolute Gasteiger partial charge is 0.251 e. The molecule has 1 saturated heterocycles. The van der Waals surface area contributed by atoms with Crippen LogP contribution in [0.2, 0.25) is 0 Å². The number of hydrogen-bond donors (Lipinski definition) is 1. The van der Waals surface area contributed by atoms with E-state index < -0.39 is 0 Å². The molecule has 0 spiro atoms. The van der Waals surface area contributed by atoms with Gasteiger partial charge in [0.2, 0.25) is 0 Å². The van der Waals surface area contributed by atoms with Crippen molar-refractivity contribution in [1.82, 2.24) is 10.3 Å². The second-order valence-electron chi connectivity index (χ2n) is 5.18. The van der Waals surface area contributed by atoms with Gasteiger partial charge in [-0.05, 0) is 43.0 Å². The number of nitrogens with zero attached hydrogens (tertiary/aromatic N) is 1. The normalized spacial score (nSPS) is 16.2. The van der Waals surface area contributed by atoms with Gasteiger partial charge in [0, 0.05) is 36.9 Å². The lowest BCUT2D eigenvalue weighted by molar-refractivity contribution is 0.0643. The summed E-state index contributed by atoms with van der Waals surface area (Å²) in [5, 5.41) is 4.01. The highest BCUT2D eigenvalue weighted by atomic mass is 16.5. The molecule has 0 unspecified atom stereocenters. The highest BCUT2D eigenvalue weighted by molar-refractivity contribution is 5.97. The molecular formula is C16H18N2O2. The average molecular weight is 270 g/mol. The molecule has 1 aromatic carbocycles. The topological polar surface area (TPSA) is 51.2 Å². The van der Waals surface area contributed by atoms with E-state index in [0.29, 0.717) is 11.5 Å². The average Bonchev–Trinajstić information content (AvgIpc) is 2.53. The fourth-order valence-corrected chi connectivity index (χ4v) is 2.51. The van der Waals surface area contributed by atoms with Gasteiger partial charge in [-0.3, -0.25) is 9.78 Å². The number of amides is 1. The second kappa shape index (κ2) is 6.01. The van der Waals surface area contributed by atoms with Crippen LogP contribution in [0.5, 0.6) is 0 Å². The zero-order valence-electron chi connectivity index (χ0n) is 11.3. The first-order valence-corrected chi connectivity index (χ1v) is 7.03. The molecule has 1 aromatic heterocycles. The predicted molar refractivity (Wildman–Crippen MR) is 77.6 cm³/mol. The van der Waals surface area contributed by atoms with Crippen molar-refractivity contribution in [3.63, 3.8) is 0 Å². The summed E-state index contributed by atoms with van der Waals surface area (Å²) in [4.78, 5) is 16.4. The van der Waals surface area contributed by atoms with Crippen LogP contribution in [0, 0.1) is 5.92 Å². The Balaban J connectivity index is 1.65. The molecule has 2 heterocycles. The molecule has 1 N–H and O–H groups in total. The summed E-state index contributed by atoms with van der Waals surface area (Å²) in [6.07, 6.45) is 3.82. The lowest BCUT2D eigenvalue weighted by atomic mass is 10.0. The van der Waals surface area contributed by atoms with Gasteiger partial charge in [-0.1, -0.05) is 6.07 Å². The van der Waals surface area contributed by atoms with E-state index in [1.807, 2.05) is 30.3 Å². The van der Waals surface area contributed by atoms with Gasteiger partial charge < -0.3 is 10.1 Å². The zero-order valence-corrected chi connectivity index (χ0v) is 11.3. The monoisotopic (exact) mass is 270 g/mol. The maximum atomic E-state index is 12.2. The minimum Gasteiger partial charge on any atom is -0.381 e. The van der Waals surface area contributed by atoms with Gasteiger partial charge >= 0.3 is 0 Å². The standard InChI is InChI=1S/C16H18N2O2/c19-16(18-11-12-5-8-20-9-6-12)14-3-4-15-13(10-14)2-1-7-17-15/h1-4,7,10,12H,5-6,8-9,11H2,(H,18,19). The first kappa shape index (κ1) is 13.1. The number of fused-ring (bicyclic) bond motifs is 1. The Morgan fingerprint density at radius 2 is 2.15 bits per heavy atom. The number of pyridine rings is 1. The van der Waals surface area contributed by atoms with Crippen molar-refractivity contribution in [2.45, 2.75) is 12.8 Å². The predicted octanol–water partition coefficient (Wildman–Crippen LogP) is 2.39. The summed E-state index contributed by atoms with van der Waals surface area (Å²) in [5.41, 5.74) is 1.60. The summed E-state index contributed by atoms with van der Waals surface area (Å²) >= 11 is 0. The van der Waals surface area contributed by atoms with E-state index in [1.165, 1.54) is 0 Å². The Hall–Kier alpha value is -1.94. The number of nitrogens with one attached hydrogen (secondary N) is 1. The first-order valence-electron chi connectivity index (χ1n) is 7.03. The minimum atomic E-state index is -0.0118. The molecule has 1 aliphatic heterocycles. The van der Waals surface area contributed by atoms with E-state index in [1.54, 1.807) is 6.20 Å². The van der Waals surface area contributed by atoms with E-state index in [-0.39, 0.29) is 5.91 Å². The molecule has 2 aromatic rings. The Morgan fingerprint density at radius 1 is 1.30 bits per heavy atom. The zero-order chi connectivity index (χ0) is 13.8. The molecule has 3 rings (SSSR count). The van der Waals surface area contributed by atoms with Crippen LogP contribution in [-0.4, -0.2) is 30.6 Å². The molecule has 1 aliphatic rings. The van der Waals surface area contributed by atoms with E-state index in [2.05, 4.69) is 10.3 Å². The molecule has 0 aliphatic carbocycles. The van der Waals surface area contributed by atoms with Crippen molar-refractivity contribution in [2.75, 3.05) is 19.8 Å². The third-order valence-corrected chi connectivity index (χ3v) is 3.76. The van der Waals surface area contributed by atoms with Gasteiger partial charge in [-0.15, -0.1) is 0 Å². The number of aromatic nitrogens is 1. The maximum Gasteiger partial charge on any atom is 0.251 e. The van der Waals surface area contributed by atoms with E-state index in [0.717, 1.165) is 43.5 Å². The molecule has 20 heavy (non-hydrogen) atoms. The van der Waals surface area contributed by atoms with Crippen LogP contribution in [0.25, 0.3) is 10.9 Å². The molecule has 0 radical (unpaired) electrons. The summed E-state index contributed by atoms with van der Waals surface area (Å²) in [6, 6.07) is 9.46. The highest BCUT2D eigenvalue weighted by Crippen LogP contribution is 2.15. The van der Waals surface area contributed by atoms with Gasteiger partial charge in [-0.25, -0.2) is 0 Å². The van der Waals surface area contributed by atoms with E-state index in [9.17, 15) is 4.79 Å². The molecule has 104 valence electrons. The number of carbonyl (C=O) groups excluding carboxylic acids is 1. The molecule has 0 bridgehead atoms. The number of ether oxygens (including phenoxy) is 1. The van der Waals surface area contributed by atoms with Gasteiger partial charge in [0.05, 0.1) is 5.52 Å². The lowest BCUT2D eigenvalue weighted by Gasteiger charge is -2.22. The molecule has 0 atom stereocenters. The molecule has 1 amide bonds. The maximum absolute atomic E-state index is 12.2. The number of hydrogen-bond acceptors (Lipinski definition) is 3. The van der Waals surface area contributed by atoms with Crippen molar-refractivity contribution in [3.8, 4) is 0 Å². The van der Waals surface area contributed by atoms with E-state index >= 15 is 0 Å². The minimum absolute atomic E-state index is 0.0118. The largest absolute Gasteiger partial charge is 0.381 e. The van der Waals surface area contributed by atoms with E-state index in [4.69, 9.17) is 4.74 Å². The number of rotatable bonds is 3. The molecule has 4 heteroatoms. The van der Waals surface area contributed by atoms with Crippen LogP contribution in [-0.2, 0) is 4.74 Å². The fraction of sp³-hybridized carbons (Fsp3) is 0.375. The van der Waals surface area contributed by atoms with Crippen molar-refractivity contribution in [1.29, 1.82) is 0 Å². The molecular weight excluding hydrogens is 252 g/mol. The quantitative estimate of drug-likeness (QED) is 0.931. The summed E-state index contributed by atoms with van der Waals surface area (Å²) in [7, 11) is 0. The van der Waals surface area contributed by atoms with Crippen LogP contribution in [0.15, 0.2) is 36.5 Å². The van der Waals surface area contributed by atoms with Gasteiger partial charge in [0.15, 0.2) is 0 Å². The molecule has 0 saturated carbocycles. The Labute approximate surface area is 118 Å². The van der Waals surface area contributed by atoms with Crippen LogP contribution < -0.4 is 5.32 Å². The fourth-order valence-electron chi connectivity index (χ4n) is 2.51. The Morgan fingerprint density at radius 3 is 3.00 bits per heavy atom. The molecule has 1 fully saturated rings. The van der Waals surface area contributed by atoms with Crippen molar-refractivity contribution in [3.05, 3.63) is 42.1 Å². The summed E-state index contributed by atoms with van der Waals surface area (Å²) < 4.78 is 5.32. The lowest BCUT2D eigenvalue weighted by Crippen LogP contribution is -2.32. The Bertz CT molecular complexity index is 606. The van der Waals surface area contributed by atoms with Gasteiger partial charge in [0.1, 0.15) is 0 Å². The van der Waals surface area contributed by atoms with Crippen LogP contribution in [0.3, 0.4) is 0 Å². The third-order valence-electron chi connectivity index (χ3n) is 3.76. The van der Waals surface area contributed by atoms with Crippen molar-refractivity contribution < 1.29 is 9.53 Å². The van der Waals surface area contributed by atoms with Crippen molar-refractivity contribution >= 4 is 16.8 Å². The second-order valence-corrected chi connectivity index (χ2v) is 5.18. The van der Waals surface area contributed by atoms with Gasteiger partial charge in [-0.2, -0.15) is 0 Å². The first-order chi connectivity index (χ1) is 9.83. The van der Waals surface area contributed by atoms with Crippen LogP contribution >= 0.6 is 0 Å². The van der Waals surface area contributed by atoms with Gasteiger partial charge in [0.25, 0.3) is 5.91 Å². The SMILES string of the molecule is O=C(NCC1CCOCC1)c1ccc2ncccc2c1.